The molecule has 1 aromatic rings. The topological polar surface area (TPSA) is 104 Å². The molecule has 108 valence electrons. The van der Waals surface area contributed by atoms with Gasteiger partial charge in [-0.1, -0.05) is 0 Å². The molecule has 0 heterocycles. The maximum atomic E-state index is 12.9. The molecule has 1 aromatic carbocycles. The monoisotopic (exact) mass is 287 g/mol. The molecule has 0 bridgehead atoms. The molecule has 0 saturated carbocycles. The molecule has 0 radical (unpaired) electrons. The second kappa shape index (κ2) is 6.60. The van der Waals surface area contributed by atoms with Crippen LogP contribution in [0.15, 0.2) is 18.2 Å². The van der Waals surface area contributed by atoms with Crippen molar-refractivity contribution in [2.75, 3.05) is 0 Å². The lowest BCUT2D eigenvalue weighted by Crippen LogP contribution is -2.41. The summed E-state index contributed by atoms with van der Waals surface area (Å²) in [5.74, 6) is -5.61. The second-order valence-corrected chi connectivity index (χ2v) is 3.95. The molecule has 0 aliphatic heterocycles. The van der Waals surface area contributed by atoms with Crippen molar-refractivity contribution in [2.45, 2.75) is 18.9 Å². The van der Waals surface area contributed by atoms with Gasteiger partial charge in [-0.3, -0.25) is 9.59 Å². The van der Waals surface area contributed by atoms with E-state index in [1.165, 1.54) is 0 Å². The van der Waals surface area contributed by atoms with E-state index in [9.17, 15) is 23.2 Å². The van der Waals surface area contributed by atoms with Gasteiger partial charge in [-0.15, -0.1) is 0 Å². The number of hydrogen-bond donors (Lipinski definition) is 3. The average molecular weight is 287 g/mol. The van der Waals surface area contributed by atoms with Crippen LogP contribution < -0.4 is 5.32 Å². The Morgan fingerprint density at radius 2 is 1.65 bits per heavy atom. The molecular weight excluding hydrogens is 276 g/mol. The molecule has 0 spiro atoms. The standard InChI is InChI=1S/C12H11F2NO5/c13-7-3-6(4-8(14)5-7)11(18)15-9(12(19)20)1-2-10(16)17/h3-5,9H,1-2H2,(H,15,18)(H,16,17)(H,19,20)/t9-/m0/s1. The van der Waals surface area contributed by atoms with Crippen molar-refractivity contribution in [3.8, 4) is 0 Å². The Bertz CT molecular complexity index is 526. The molecule has 0 saturated heterocycles. The van der Waals surface area contributed by atoms with Crippen LogP contribution in [0.2, 0.25) is 0 Å². The highest BCUT2D eigenvalue weighted by molar-refractivity contribution is 5.96. The molecule has 20 heavy (non-hydrogen) atoms. The van der Waals surface area contributed by atoms with Gasteiger partial charge in [0, 0.05) is 18.1 Å². The van der Waals surface area contributed by atoms with Crippen LogP contribution in [0.5, 0.6) is 0 Å². The summed E-state index contributed by atoms with van der Waals surface area (Å²) in [6, 6.07) is 0.601. The van der Waals surface area contributed by atoms with E-state index in [1.54, 1.807) is 0 Å². The van der Waals surface area contributed by atoms with Gasteiger partial charge in [0.1, 0.15) is 17.7 Å². The SMILES string of the molecule is O=C(O)CC[C@H](NC(=O)c1cc(F)cc(F)c1)C(=O)O. The zero-order valence-electron chi connectivity index (χ0n) is 10.1. The number of carbonyl (C=O) groups is 3. The number of carboxylic acid groups (broad SMARTS) is 2. The van der Waals surface area contributed by atoms with Gasteiger partial charge in [-0.05, 0) is 18.6 Å². The van der Waals surface area contributed by atoms with E-state index in [0.29, 0.717) is 6.07 Å². The zero-order valence-corrected chi connectivity index (χ0v) is 10.1. The van der Waals surface area contributed by atoms with E-state index in [0.717, 1.165) is 12.1 Å². The van der Waals surface area contributed by atoms with Crippen LogP contribution in [0.3, 0.4) is 0 Å². The van der Waals surface area contributed by atoms with Gasteiger partial charge in [0.05, 0.1) is 0 Å². The van der Waals surface area contributed by atoms with Gasteiger partial charge in [-0.25, -0.2) is 13.6 Å². The number of hydrogen-bond acceptors (Lipinski definition) is 3. The number of amides is 1. The zero-order chi connectivity index (χ0) is 15.3. The first-order chi connectivity index (χ1) is 9.29. The maximum Gasteiger partial charge on any atom is 0.326 e. The summed E-state index contributed by atoms with van der Waals surface area (Å²) in [5.41, 5.74) is -0.385. The molecule has 3 N–H and O–H groups in total. The summed E-state index contributed by atoms with van der Waals surface area (Å²) in [4.78, 5) is 32.9. The number of carbonyl (C=O) groups excluding carboxylic acids is 1. The Kier molecular flexibility index (Phi) is 5.13. The molecular formula is C12H11F2NO5. The number of carboxylic acids is 2. The van der Waals surface area contributed by atoms with Crippen molar-refractivity contribution in [3.63, 3.8) is 0 Å². The van der Waals surface area contributed by atoms with E-state index in [4.69, 9.17) is 10.2 Å². The molecule has 0 aliphatic carbocycles. The molecule has 0 aromatic heterocycles. The minimum absolute atomic E-state index is 0.339. The lowest BCUT2D eigenvalue weighted by atomic mass is 10.1. The van der Waals surface area contributed by atoms with Gasteiger partial charge >= 0.3 is 11.9 Å². The molecule has 0 aliphatic rings. The van der Waals surface area contributed by atoms with Gasteiger partial charge in [0.2, 0.25) is 0 Å². The van der Waals surface area contributed by atoms with E-state index < -0.39 is 41.9 Å². The van der Waals surface area contributed by atoms with Crippen LogP contribution in [-0.2, 0) is 9.59 Å². The van der Waals surface area contributed by atoms with Gasteiger partial charge in [0.15, 0.2) is 0 Å². The van der Waals surface area contributed by atoms with Crippen LogP contribution in [0.25, 0.3) is 0 Å². The first-order valence-corrected chi connectivity index (χ1v) is 5.51. The Balaban J connectivity index is 2.79. The van der Waals surface area contributed by atoms with Gasteiger partial charge in [-0.2, -0.15) is 0 Å². The van der Waals surface area contributed by atoms with Crippen LogP contribution in [0.4, 0.5) is 8.78 Å². The molecule has 1 amide bonds. The second-order valence-electron chi connectivity index (χ2n) is 3.95. The van der Waals surface area contributed by atoms with Crippen LogP contribution in [0.1, 0.15) is 23.2 Å². The van der Waals surface area contributed by atoms with Crippen molar-refractivity contribution in [1.29, 1.82) is 0 Å². The minimum Gasteiger partial charge on any atom is -0.481 e. The fourth-order valence-corrected chi connectivity index (χ4v) is 1.45. The predicted octanol–water partition coefficient (Wildman–Crippen LogP) is 1.01. The van der Waals surface area contributed by atoms with E-state index in [-0.39, 0.29) is 12.0 Å². The number of aliphatic carboxylic acids is 2. The third-order valence-corrected chi connectivity index (χ3v) is 2.38. The van der Waals surface area contributed by atoms with E-state index in [2.05, 4.69) is 0 Å². The Labute approximate surface area is 112 Å². The van der Waals surface area contributed by atoms with Crippen molar-refractivity contribution in [2.24, 2.45) is 0 Å². The highest BCUT2D eigenvalue weighted by Crippen LogP contribution is 2.09. The summed E-state index contributed by atoms with van der Waals surface area (Å²) in [7, 11) is 0. The van der Waals surface area contributed by atoms with Gasteiger partial charge < -0.3 is 15.5 Å². The van der Waals surface area contributed by atoms with E-state index >= 15 is 0 Å². The first kappa shape index (κ1) is 15.5. The lowest BCUT2D eigenvalue weighted by molar-refractivity contribution is -0.140. The normalized spacial score (nSPS) is 11.7. The third kappa shape index (κ3) is 4.63. The minimum atomic E-state index is -1.45. The molecule has 1 rings (SSSR count). The van der Waals surface area contributed by atoms with Crippen molar-refractivity contribution < 1.29 is 33.4 Å². The average Bonchev–Trinajstić information content (AvgIpc) is 2.32. The molecule has 0 unspecified atom stereocenters. The smallest absolute Gasteiger partial charge is 0.326 e. The summed E-state index contributed by atoms with van der Waals surface area (Å²) in [5, 5.41) is 19.3. The number of nitrogens with one attached hydrogen (secondary N) is 1. The Morgan fingerprint density at radius 1 is 1.10 bits per heavy atom. The van der Waals surface area contributed by atoms with Crippen LogP contribution >= 0.6 is 0 Å². The van der Waals surface area contributed by atoms with Crippen LogP contribution in [-0.4, -0.2) is 34.1 Å². The van der Waals surface area contributed by atoms with E-state index in [1.807, 2.05) is 5.32 Å². The quantitative estimate of drug-likeness (QED) is 0.724. The van der Waals surface area contributed by atoms with Crippen LogP contribution in [0, 0.1) is 11.6 Å². The summed E-state index contributed by atoms with van der Waals surface area (Å²) >= 11 is 0. The fraction of sp³-hybridized carbons (Fsp3) is 0.250. The number of benzene rings is 1. The Morgan fingerprint density at radius 3 is 2.10 bits per heavy atom. The number of halogens is 2. The highest BCUT2D eigenvalue weighted by Gasteiger charge is 2.22. The Hall–Kier alpha value is -2.51. The van der Waals surface area contributed by atoms with Crippen molar-refractivity contribution in [3.05, 3.63) is 35.4 Å². The third-order valence-electron chi connectivity index (χ3n) is 2.38. The first-order valence-electron chi connectivity index (χ1n) is 5.51. The summed E-state index contributed by atoms with van der Waals surface area (Å²) in [6.07, 6.45) is -0.803. The molecule has 8 heteroatoms. The fourth-order valence-electron chi connectivity index (χ4n) is 1.45. The largest absolute Gasteiger partial charge is 0.481 e. The molecule has 6 nitrogen and oxygen atoms in total. The highest BCUT2D eigenvalue weighted by atomic mass is 19.1. The summed E-state index contributed by atoms with van der Waals surface area (Å²) < 4.78 is 25.8. The van der Waals surface area contributed by atoms with Crippen molar-refractivity contribution >= 4 is 17.8 Å². The molecule has 0 fully saturated rings. The molecule has 1 atom stereocenters. The predicted molar refractivity (Wildman–Crippen MR) is 62.1 cm³/mol. The van der Waals surface area contributed by atoms with Gasteiger partial charge in [0.25, 0.3) is 5.91 Å². The maximum absolute atomic E-state index is 12.9. The summed E-state index contributed by atoms with van der Waals surface area (Å²) in [6.45, 7) is 0. The lowest BCUT2D eigenvalue weighted by Gasteiger charge is -2.13. The van der Waals surface area contributed by atoms with Crippen molar-refractivity contribution in [1.82, 2.24) is 5.32 Å². The number of rotatable bonds is 6.